The zero-order valence-corrected chi connectivity index (χ0v) is 10.6. The van der Waals surface area contributed by atoms with Crippen LogP contribution in [0.2, 0.25) is 5.35 Å². The van der Waals surface area contributed by atoms with E-state index in [2.05, 4.69) is 4.98 Å². The molecule has 0 aliphatic heterocycles. The predicted molar refractivity (Wildman–Crippen MR) is 72.3 cm³/mol. The average molecular weight is 274 g/mol. The third-order valence-electron chi connectivity index (χ3n) is 2.75. The standard InChI is InChI=1S/C15H9ClFNO/c16-15-18-13(10-6-8-12(17)9-7-10)14(19-15)11-4-2-1-3-5-11/h1-9H. The molecule has 0 unspecified atom stereocenters. The Morgan fingerprint density at radius 2 is 1.58 bits per heavy atom. The SMILES string of the molecule is Fc1ccc(-c2nc(Cl)oc2-c2ccccc2)cc1. The number of rotatable bonds is 2. The molecule has 1 heterocycles. The third-order valence-corrected chi connectivity index (χ3v) is 2.92. The lowest BCUT2D eigenvalue weighted by molar-refractivity contribution is 0.574. The quantitative estimate of drug-likeness (QED) is 0.670. The minimum atomic E-state index is -0.292. The van der Waals surface area contributed by atoms with Crippen molar-refractivity contribution in [2.45, 2.75) is 0 Å². The molecule has 0 amide bonds. The molecule has 0 radical (unpaired) electrons. The molecule has 0 spiro atoms. The van der Waals surface area contributed by atoms with E-state index >= 15 is 0 Å². The molecule has 0 bridgehead atoms. The molecule has 3 rings (SSSR count). The van der Waals surface area contributed by atoms with Crippen LogP contribution in [0.25, 0.3) is 22.6 Å². The minimum Gasteiger partial charge on any atom is -0.427 e. The molecule has 0 fully saturated rings. The molecular weight excluding hydrogens is 265 g/mol. The summed E-state index contributed by atoms with van der Waals surface area (Å²) in [5.41, 5.74) is 2.24. The molecule has 0 saturated heterocycles. The van der Waals surface area contributed by atoms with Gasteiger partial charge in [0.15, 0.2) is 5.76 Å². The van der Waals surface area contributed by atoms with Crippen molar-refractivity contribution in [1.82, 2.24) is 4.98 Å². The van der Waals surface area contributed by atoms with Gasteiger partial charge in [-0.25, -0.2) is 4.39 Å². The summed E-state index contributed by atoms with van der Waals surface area (Å²) in [7, 11) is 0. The topological polar surface area (TPSA) is 26.0 Å². The molecule has 2 aromatic carbocycles. The first kappa shape index (κ1) is 11.9. The van der Waals surface area contributed by atoms with Gasteiger partial charge in [-0.05, 0) is 35.9 Å². The van der Waals surface area contributed by atoms with E-state index < -0.39 is 0 Å². The lowest BCUT2D eigenvalue weighted by atomic mass is 10.1. The van der Waals surface area contributed by atoms with Crippen molar-refractivity contribution in [2.24, 2.45) is 0 Å². The van der Waals surface area contributed by atoms with Gasteiger partial charge in [-0.3, -0.25) is 0 Å². The van der Waals surface area contributed by atoms with Gasteiger partial charge in [0.1, 0.15) is 11.5 Å². The van der Waals surface area contributed by atoms with E-state index in [1.165, 1.54) is 12.1 Å². The van der Waals surface area contributed by atoms with Crippen LogP contribution in [0, 0.1) is 5.82 Å². The maximum absolute atomic E-state index is 13.0. The van der Waals surface area contributed by atoms with Crippen LogP contribution < -0.4 is 0 Å². The summed E-state index contributed by atoms with van der Waals surface area (Å²) in [6, 6.07) is 15.6. The van der Waals surface area contributed by atoms with Gasteiger partial charge in [-0.2, -0.15) is 4.98 Å². The highest BCUT2D eigenvalue weighted by Gasteiger charge is 2.15. The van der Waals surface area contributed by atoms with Crippen LogP contribution in [0.3, 0.4) is 0 Å². The van der Waals surface area contributed by atoms with Crippen LogP contribution in [0.15, 0.2) is 59.0 Å². The number of halogens is 2. The van der Waals surface area contributed by atoms with E-state index in [0.29, 0.717) is 11.5 Å². The second-order valence-corrected chi connectivity index (χ2v) is 4.34. The fraction of sp³-hybridized carbons (Fsp3) is 0. The predicted octanol–water partition coefficient (Wildman–Crippen LogP) is 4.80. The largest absolute Gasteiger partial charge is 0.427 e. The van der Waals surface area contributed by atoms with Crippen molar-refractivity contribution in [3.8, 4) is 22.6 Å². The minimum absolute atomic E-state index is 0.0678. The van der Waals surface area contributed by atoms with E-state index in [0.717, 1.165) is 11.1 Å². The smallest absolute Gasteiger partial charge is 0.293 e. The highest BCUT2D eigenvalue weighted by molar-refractivity contribution is 6.28. The van der Waals surface area contributed by atoms with Crippen molar-refractivity contribution in [3.63, 3.8) is 0 Å². The number of aromatic nitrogens is 1. The van der Waals surface area contributed by atoms with Crippen molar-refractivity contribution in [2.75, 3.05) is 0 Å². The lowest BCUT2D eigenvalue weighted by Crippen LogP contribution is -1.83. The van der Waals surface area contributed by atoms with Crippen LogP contribution in [0.1, 0.15) is 0 Å². The van der Waals surface area contributed by atoms with Crippen molar-refractivity contribution < 1.29 is 8.81 Å². The zero-order valence-electron chi connectivity index (χ0n) is 9.81. The number of oxazole rings is 1. The fourth-order valence-corrected chi connectivity index (χ4v) is 2.04. The molecular formula is C15H9ClFNO. The lowest BCUT2D eigenvalue weighted by Gasteiger charge is -2.01. The Labute approximate surface area is 114 Å². The van der Waals surface area contributed by atoms with Gasteiger partial charge in [0, 0.05) is 11.1 Å². The summed E-state index contributed by atoms with van der Waals surface area (Å²) in [4.78, 5) is 4.16. The van der Waals surface area contributed by atoms with E-state index in [1.807, 2.05) is 30.3 Å². The van der Waals surface area contributed by atoms with E-state index in [4.69, 9.17) is 16.0 Å². The van der Waals surface area contributed by atoms with Crippen LogP contribution >= 0.6 is 11.6 Å². The van der Waals surface area contributed by atoms with Gasteiger partial charge >= 0.3 is 0 Å². The molecule has 94 valence electrons. The first-order valence-corrected chi connectivity index (χ1v) is 6.09. The number of nitrogens with zero attached hydrogens (tertiary/aromatic N) is 1. The first-order chi connectivity index (χ1) is 9.24. The summed E-state index contributed by atoms with van der Waals surface area (Å²) in [6.45, 7) is 0. The molecule has 0 N–H and O–H groups in total. The molecule has 1 aromatic heterocycles. The molecule has 2 nitrogen and oxygen atoms in total. The fourth-order valence-electron chi connectivity index (χ4n) is 1.88. The second-order valence-electron chi connectivity index (χ2n) is 4.02. The first-order valence-electron chi connectivity index (χ1n) is 5.72. The van der Waals surface area contributed by atoms with Gasteiger partial charge in [0.2, 0.25) is 0 Å². The van der Waals surface area contributed by atoms with Crippen molar-refractivity contribution in [3.05, 3.63) is 65.8 Å². The van der Waals surface area contributed by atoms with Gasteiger partial charge in [0.05, 0.1) is 0 Å². The Bertz CT molecular complexity index is 692. The van der Waals surface area contributed by atoms with Gasteiger partial charge in [-0.1, -0.05) is 30.3 Å². The summed E-state index contributed by atoms with van der Waals surface area (Å²) in [5, 5.41) is 0.0678. The molecule has 0 atom stereocenters. The van der Waals surface area contributed by atoms with Crippen LogP contribution in [-0.2, 0) is 0 Å². The number of benzene rings is 2. The van der Waals surface area contributed by atoms with E-state index in [-0.39, 0.29) is 11.2 Å². The molecule has 4 heteroatoms. The van der Waals surface area contributed by atoms with Gasteiger partial charge < -0.3 is 4.42 Å². The Hall–Kier alpha value is -2.13. The van der Waals surface area contributed by atoms with Crippen molar-refractivity contribution >= 4 is 11.6 Å². The Morgan fingerprint density at radius 3 is 2.26 bits per heavy atom. The summed E-state index contributed by atoms with van der Waals surface area (Å²) < 4.78 is 18.4. The average Bonchev–Trinajstić information content (AvgIpc) is 2.83. The highest BCUT2D eigenvalue weighted by atomic mass is 35.5. The Morgan fingerprint density at radius 1 is 0.895 bits per heavy atom. The molecule has 0 saturated carbocycles. The van der Waals surface area contributed by atoms with E-state index in [9.17, 15) is 4.39 Å². The van der Waals surface area contributed by atoms with Gasteiger partial charge in [0.25, 0.3) is 5.35 Å². The second kappa shape index (κ2) is 4.86. The Kier molecular flexibility index (Phi) is 3.05. The maximum atomic E-state index is 13.0. The maximum Gasteiger partial charge on any atom is 0.293 e. The van der Waals surface area contributed by atoms with Crippen molar-refractivity contribution in [1.29, 1.82) is 0 Å². The number of hydrogen-bond acceptors (Lipinski definition) is 2. The third kappa shape index (κ3) is 2.37. The van der Waals surface area contributed by atoms with Crippen LogP contribution in [-0.4, -0.2) is 4.98 Å². The van der Waals surface area contributed by atoms with Crippen LogP contribution in [0.5, 0.6) is 0 Å². The summed E-state index contributed by atoms with van der Waals surface area (Å²) in [5.74, 6) is 0.289. The highest BCUT2D eigenvalue weighted by Crippen LogP contribution is 2.33. The van der Waals surface area contributed by atoms with Crippen LogP contribution in [0.4, 0.5) is 4.39 Å². The van der Waals surface area contributed by atoms with E-state index in [1.54, 1.807) is 12.1 Å². The monoisotopic (exact) mass is 273 g/mol. The normalized spacial score (nSPS) is 10.6. The summed E-state index contributed by atoms with van der Waals surface area (Å²) >= 11 is 5.84. The number of hydrogen-bond donors (Lipinski definition) is 0. The molecule has 3 aromatic rings. The summed E-state index contributed by atoms with van der Waals surface area (Å²) in [6.07, 6.45) is 0. The zero-order chi connectivity index (χ0) is 13.2. The molecule has 0 aliphatic rings. The Balaban J connectivity index is 2.15. The van der Waals surface area contributed by atoms with Gasteiger partial charge in [-0.15, -0.1) is 0 Å². The molecule has 19 heavy (non-hydrogen) atoms. The molecule has 0 aliphatic carbocycles.